The van der Waals surface area contributed by atoms with Crippen LogP contribution in [0.25, 0.3) is 0 Å². The van der Waals surface area contributed by atoms with Crippen molar-refractivity contribution in [2.75, 3.05) is 5.73 Å². The van der Waals surface area contributed by atoms with Crippen molar-refractivity contribution in [3.8, 4) is 0 Å². The number of anilines is 1. The maximum absolute atomic E-state index is 12.3. The van der Waals surface area contributed by atoms with E-state index in [2.05, 4.69) is 0 Å². The van der Waals surface area contributed by atoms with Crippen LogP contribution in [0.15, 0.2) is 18.2 Å². The molecule has 0 heterocycles. The van der Waals surface area contributed by atoms with Gasteiger partial charge in [0.15, 0.2) is 5.78 Å². The molecule has 92 valence electrons. The molecular formula is C14H18ClNO. The van der Waals surface area contributed by atoms with Crippen LogP contribution in [0.1, 0.15) is 48.9 Å². The quantitative estimate of drug-likeness (QED) is 0.489. The summed E-state index contributed by atoms with van der Waals surface area (Å²) in [7, 11) is 0. The van der Waals surface area contributed by atoms with Crippen molar-refractivity contribution >= 4 is 23.1 Å². The number of Topliss-reactive ketones (excluding diaryl/α,β-unsaturated/α-hetero) is 1. The van der Waals surface area contributed by atoms with Gasteiger partial charge in [-0.2, -0.15) is 0 Å². The first kappa shape index (κ1) is 12.4. The monoisotopic (exact) mass is 251 g/mol. The fourth-order valence-corrected chi connectivity index (χ4v) is 2.59. The number of ketones is 1. The molecule has 17 heavy (non-hydrogen) atoms. The molecule has 2 rings (SSSR count). The average molecular weight is 252 g/mol. The summed E-state index contributed by atoms with van der Waals surface area (Å²) in [6, 6.07) is 5.20. The van der Waals surface area contributed by atoms with E-state index in [9.17, 15) is 4.79 Å². The van der Waals surface area contributed by atoms with Gasteiger partial charge in [0, 0.05) is 11.5 Å². The van der Waals surface area contributed by atoms with E-state index in [1.54, 1.807) is 18.2 Å². The number of carbonyl (C=O) groups is 1. The van der Waals surface area contributed by atoms with Gasteiger partial charge in [-0.25, -0.2) is 0 Å². The van der Waals surface area contributed by atoms with E-state index in [-0.39, 0.29) is 11.7 Å². The minimum atomic E-state index is 0.179. The summed E-state index contributed by atoms with van der Waals surface area (Å²) in [5, 5.41) is 0.516. The fraction of sp³-hybridized carbons (Fsp3) is 0.500. The minimum Gasteiger partial charge on any atom is -0.398 e. The average Bonchev–Trinajstić information content (AvgIpc) is 2.60. The Morgan fingerprint density at radius 3 is 2.41 bits per heavy atom. The van der Waals surface area contributed by atoms with Gasteiger partial charge in [-0.3, -0.25) is 4.79 Å². The highest BCUT2D eigenvalue weighted by molar-refractivity contribution is 6.33. The molecule has 0 aliphatic heterocycles. The Kier molecular flexibility index (Phi) is 4.06. The molecule has 0 bridgehead atoms. The summed E-state index contributed by atoms with van der Waals surface area (Å²) in [6.45, 7) is 0. The molecule has 0 aromatic heterocycles. The van der Waals surface area contributed by atoms with E-state index in [0.29, 0.717) is 16.3 Å². The van der Waals surface area contributed by atoms with Crippen molar-refractivity contribution in [3.05, 3.63) is 28.8 Å². The summed E-state index contributed by atoms with van der Waals surface area (Å²) in [5.41, 5.74) is 6.93. The number of carbonyl (C=O) groups excluding carboxylic acids is 1. The topological polar surface area (TPSA) is 43.1 Å². The molecule has 1 aliphatic carbocycles. The van der Waals surface area contributed by atoms with Gasteiger partial charge in [-0.1, -0.05) is 37.3 Å². The van der Waals surface area contributed by atoms with E-state index in [0.717, 1.165) is 12.8 Å². The van der Waals surface area contributed by atoms with E-state index in [1.807, 2.05) is 0 Å². The molecule has 0 saturated heterocycles. The Morgan fingerprint density at radius 2 is 1.82 bits per heavy atom. The number of hydrogen-bond acceptors (Lipinski definition) is 2. The van der Waals surface area contributed by atoms with Crippen LogP contribution in [0.4, 0.5) is 5.69 Å². The fourth-order valence-electron chi connectivity index (χ4n) is 2.47. The van der Waals surface area contributed by atoms with Gasteiger partial charge < -0.3 is 5.73 Å². The largest absolute Gasteiger partial charge is 0.398 e. The summed E-state index contributed by atoms with van der Waals surface area (Å²) >= 11 is 5.86. The van der Waals surface area contributed by atoms with Crippen LogP contribution in [-0.4, -0.2) is 5.78 Å². The van der Waals surface area contributed by atoms with E-state index in [4.69, 9.17) is 17.3 Å². The lowest BCUT2D eigenvalue weighted by atomic mass is 9.91. The lowest BCUT2D eigenvalue weighted by molar-refractivity contribution is 0.0908. The van der Waals surface area contributed by atoms with Crippen LogP contribution in [0.5, 0.6) is 0 Å². The standard InChI is InChI=1S/C14H18ClNO/c15-12-8-7-11(9-13(12)16)14(17)10-5-3-1-2-4-6-10/h7-10H,1-6,16H2. The van der Waals surface area contributed by atoms with Gasteiger partial charge in [-0.15, -0.1) is 0 Å². The summed E-state index contributed by atoms with van der Waals surface area (Å²) in [4.78, 5) is 12.3. The second-order valence-corrected chi connectivity index (χ2v) is 5.20. The zero-order valence-electron chi connectivity index (χ0n) is 9.92. The van der Waals surface area contributed by atoms with Crippen LogP contribution in [0.2, 0.25) is 5.02 Å². The maximum atomic E-state index is 12.3. The Morgan fingerprint density at radius 1 is 1.18 bits per heavy atom. The zero-order valence-corrected chi connectivity index (χ0v) is 10.7. The number of halogens is 1. The van der Waals surface area contributed by atoms with Crippen LogP contribution in [0.3, 0.4) is 0 Å². The maximum Gasteiger partial charge on any atom is 0.166 e. The molecule has 0 radical (unpaired) electrons. The second-order valence-electron chi connectivity index (χ2n) is 4.79. The van der Waals surface area contributed by atoms with Crippen molar-refractivity contribution in [3.63, 3.8) is 0 Å². The number of hydrogen-bond donors (Lipinski definition) is 1. The molecule has 0 unspecified atom stereocenters. The second kappa shape index (κ2) is 5.54. The minimum absolute atomic E-state index is 0.179. The van der Waals surface area contributed by atoms with Crippen molar-refractivity contribution in [1.82, 2.24) is 0 Å². The van der Waals surface area contributed by atoms with Crippen molar-refractivity contribution in [2.24, 2.45) is 5.92 Å². The molecule has 0 spiro atoms. The van der Waals surface area contributed by atoms with Crippen LogP contribution >= 0.6 is 11.6 Å². The number of benzene rings is 1. The molecule has 2 nitrogen and oxygen atoms in total. The molecule has 0 atom stereocenters. The first-order valence-corrected chi connectivity index (χ1v) is 6.65. The highest BCUT2D eigenvalue weighted by Gasteiger charge is 2.21. The first-order chi connectivity index (χ1) is 8.18. The Hall–Kier alpha value is -1.02. The van der Waals surface area contributed by atoms with Gasteiger partial charge in [-0.05, 0) is 31.0 Å². The molecule has 1 aliphatic rings. The molecule has 1 saturated carbocycles. The highest BCUT2D eigenvalue weighted by atomic mass is 35.5. The Bertz CT molecular complexity index is 409. The number of rotatable bonds is 2. The smallest absolute Gasteiger partial charge is 0.166 e. The SMILES string of the molecule is Nc1cc(C(=O)C2CCCCCC2)ccc1Cl. The lowest BCUT2D eigenvalue weighted by Gasteiger charge is -2.13. The van der Waals surface area contributed by atoms with Gasteiger partial charge in [0.1, 0.15) is 0 Å². The first-order valence-electron chi connectivity index (χ1n) is 6.27. The molecule has 1 aromatic rings. The van der Waals surface area contributed by atoms with E-state index >= 15 is 0 Å². The molecule has 0 amide bonds. The third-order valence-electron chi connectivity index (χ3n) is 3.51. The molecule has 2 N–H and O–H groups in total. The zero-order chi connectivity index (χ0) is 12.3. The van der Waals surface area contributed by atoms with Crippen LogP contribution in [0, 0.1) is 5.92 Å². The van der Waals surface area contributed by atoms with Crippen molar-refractivity contribution in [2.45, 2.75) is 38.5 Å². The Balaban J connectivity index is 2.14. The summed E-state index contributed by atoms with van der Waals surface area (Å²) in [5.74, 6) is 0.411. The van der Waals surface area contributed by atoms with E-state index in [1.165, 1.54) is 25.7 Å². The molecule has 1 aromatic carbocycles. The predicted octanol–water partition coefficient (Wildman–Crippen LogP) is 4.08. The number of nitrogen functional groups attached to an aromatic ring is 1. The van der Waals surface area contributed by atoms with Crippen molar-refractivity contribution < 1.29 is 4.79 Å². The van der Waals surface area contributed by atoms with Crippen LogP contribution in [-0.2, 0) is 0 Å². The third-order valence-corrected chi connectivity index (χ3v) is 3.85. The Labute approximate surface area is 107 Å². The molecular weight excluding hydrogens is 234 g/mol. The van der Waals surface area contributed by atoms with Gasteiger partial charge in [0.25, 0.3) is 0 Å². The lowest BCUT2D eigenvalue weighted by Crippen LogP contribution is -2.14. The van der Waals surface area contributed by atoms with Crippen LogP contribution < -0.4 is 5.73 Å². The summed E-state index contributed by atoms with van der Waals surface area (Å²) < 4.78 is 0. The van der Waals surface area contributed by atoms with Crippen molar-refractivity contribution in [1.29, 1.82) is 0 Å². The van der Waals surface area contributed by atoms with Gasteiger partial charge >= 0.3 is 0 Å². The molecule has 1 fully saturated rings. The summed E-state index contributed by atoms with van der Waals surface area (Å²) in [6.07, 6.45) is 6.88. The van der Waals surface area contributed by atoms with E-state index < -0.39 is 0 Å². The molecule has 3 heteroatoms. The van der Waals surface area contributed by atoms with Gasteiger partial charge in [0.2, 0.25) is 0 Å². The number of nitrogens with two attached hydrogens (primary N) is 1. The third kappa shape index (κ3) is 3.01. The predicted molar refractivity (Wildman–Crippen MR) is 71.4 cm³/mol. The normalized spacial score (nSPS) is 17.7. The highest BCUT2D eigenvalue weighted by Crippen LogP contribution is 2.28. The van der Waals surface area contributed by atoms with Gasteiger partial charge in [0.05, 0.1) is 10.7 Å².